The fourth-order valence-corrected chi connectivity index (χ4v) is 2.58. The SMILES string of the molecule is C1CCCCC1.CC1CCCC1.c1ccccc1. The Balaban J connectivity index is 0.000000135. The summed E-state index contributed by atoms with van der Waals surface area (Å²) in [6.07, 6.45) is 14.9. The molecular weight excluding hydrogens is 216 g/mol. The first kappa shape index (κ1) is 15.3. The Labute approximate surface area is 114 Å². The van der Waals surface area contributed by atoms with E-state index in [1.165, 1.54) is 64.2 Å². The Morgan fingerprint density at radius 1 is 0.500 bits per heavy atom. The van der Waals surface area contributed by atoms with Crippen molar-refractivity contribution in [2.75, 3.05) is 0 Å². The molecule has 1 aromatic carbocycles. The predicted molar refractivity (Wildman–Crippen MR) is 81.8 cm³/mol. The highest BCUT2D eigenvalue weighted by Crippen LogP contribution is 2.22. The van der Waals surface area contributed by atoms with Crippen molar-refractivity contribution in [1.29, 1.82) is 0 Å². The van der Waals surface area contributed by atoms with Crippen molar-refractivity contribution in [3.63, 3.8) is 0 Å². The largest absolute Gasteiger partial charge is 0.0625 e. The van der Waals surface area contributed by atoms with Crippen LogP contribution in [0.4, 0.5) is 0 Å². The van der Waals surface area contributed by atoms with Crippen molar-refractivity contribution in [2.45, 2.75) is 71.1 Å². The minimum absolute atomic E-state index is 1.05. The third-order valence-corrected chi connectivity index (χ3v) is 3.81. The van der Waals surface area contributed by atoms with Gasteiger partial charge in [0, 0.05) is 0 Å². The second kappa shape index (κ2) is 11.3. The Kier molecular flexibility index (Phi) is 9.61. The molecule has 0 bridgehead atoms. The molecule has 0 N–H and O–H groups in total. The lowest BCUT2D eigenvalue weighted by atomic mass is 10.0. The van der Waals surface area contributed by atoms with Crippen LogP contribution in [0.5, 0.6) is 0 Å². The molecule has 0 amide bonds. The molecular formula is C18H30. The minimum Gasteiger partial charge on any atom is -0.0625 e. The lowest BCUT2D eigenvalue weighted by Gasteiger charge is -2.05. The van der Waals surface area contributed by atoms with Crippen LogP contribution >= 0.6 is 0 Å². The van der Waals surface area contributed by atoms with Crippen LogP contribution in [0.15, 0.2) is 36.4 Å². The van der Waals surface area contributed by atoms with Crippen molar-refractivity contribution in [1.82, 2.24) is 0 Å². The first-order chi connectivity index (χ1) is 8.89. The molecule has 2 aliphatic rings. The quantitative estimate of drug-likeness (QED) is 0.509. The average Bonchev–Trinajstić information content (AvgIpc) is 2.95. The van der Waals surface area contributed by atoms with E-state index in [2.05, 4.69) is 6.92 Å². The summed E-state index contributed by atoms with van der Waals surface area (Å²) in [7, 11) is 0. The summed E-state index contributed by atoms with van der Waals surface area (Å²) in [5, 5.41) is 0. The molecule has 0 spiro atoms. The van der Waals surface area contributed by atoms with Crippen molar-refractivity contribution in [3.8, 4) is 0 Å². The number of benzene rings is 1. The van der Waals surface area contributed by atoms with E-state index >= 15 is 0 Å². The third-order valence-electron chi connectivity index (χ3n) is 3.81. The zero-order chi connectivity index (χ0) is 12.9. The summed E-state index contributed by atoms with van der Waals surface area (Å²) < 4.78 is 0. The van der Waals surface area contributed by atoms with Gasteiger partial charge >= 0.3 is 0 Å². The minimum atomic E-state index is 1.05. The van der Waals surface area contributed by atoms with E-state index in [9.17, 15) is 0 Å². The Morgan fingerprint density at radius 2 is 0.778 bits per heavy atom. The molecule has 0 heteroatoms. The topological polar surface area (TPSA) is 0 Å². The maximum atomic E-state index is 2.34. The van der Waals surface area contributed by atoms with Crippen LogP contribution in [0.25, 0.3) is 0 Å². The van der Waals surface area contributed by atoms with Crippen molar-refractivity contribution in [2.24, 2.45) is 5.92 Å². The smallest absolute Gasteiger partial charge is 0.0443 e. The summed E-state index contributed by atoms with van der Waals surface area (Å²) in [6.45, 7) is 2.34. The van der Waals surface area contributed by atoms with Gasteiger partial charge < -0.3 is 0 Å². The Morgan fingerprint density at radius 3 is 0.944 bits per heavy atom. The van der Waals surface area contributed by atoms with Gasteiger partial charge in [-0.3, -0.25) is 0 Å². The van der Waals surface area contributed by atoms with Gasteiger partial charge in [-0.15, -0.1) is 0 Å². The van der Waals surface area contributed by atoms with Crippen LogP contribution < -0.4 is 0 Å². The van der Waals surface area contributed by atoms with Crippen molar-refractivity contribution < 1.29 is 0 Å². The Bertz CT molecular complexity index is 204. The van der Waals surface area contributed by atoms with Gasteiger partial charge in [-0.25, -0.2) is 0 Å². The van der Waals surface area contributed by atoms with Gasteiger partial charge in [0.15, 0.2) is 0 Å². The normalized spacial score (nSPS) is 19.2. The molecule has 0 nitrogen and oxygen atoms in total. The van der Waals surface area contributed by atoms with Crippen molar-refractivity contribution >= 4 is 0 Å². The standard InChI is InChI=1S/2C6H12.C6H6/c1-6-4-2-3-5-6;2*1-2-4-6-5-3-1/h6H,2-5H2,1H3;1-6H2;1-6H. The molecule has 0 atom stereocenters. The van der Waals surface area contributed by atoms with Crippen LogP contribution in [-0.2, 0) is 0 Å². The van der Waals surface area contributed by atoms with Crippen LogP contribution in [0.1, 0.15) is 71.1 Å². The van der Waals surface area contributed by atoms with E-state index in [-0.39, 0.29) is 0 Å². The number of rotatable bonds is 0. The predicted octanol–water partition coefficient (Wildman–Crippen LogP) is 6.22. The van der Waals surface area contributed by atoms with Crippen LogP contribution in [0.3, 0.4) is 0 Å². The highest BCUT2D eigenvalue weighted by atomic mass is 14.1. The average molecular weight is 246 g/mol. The van der Waals surface area contributed by atoms with E-state index in [0.29, 0.717) is 0 Å². The summed E-state index contributed by atoms with van der Waals surface area (Å²) in [5.74, 6) is 1.05. The van der Waals surface area contributed by atoms with Gasteiger partial charge in [0.1, 0.15) is 0 Å². The summed E-state index contributed by atoms with van der Waals surface area (Å²) in [6, 6.07) is 12.0. The maximum absolute atomic E-state index is 2.34. The molecule has 0 aliphatic heterocycles. The van der Waals surface area contributed by atoms with Crippen LogP contribution in [-0.4, -0.2) is 0 Å². The zero-order valence-electron chi connectivity index (χ0n) is 12.1. The van der Waals surface area contributed by atoms with E-state index in [1.807, 2.05) is 36.4 Å². The van der Waals surface area contributed by atoms with Gasteiger partial charge in [0.05, 0.1) is 0 Å². The highest BCUT2D eigenvalue weighted by Gasteiger charge is 2.07. The third kappa shape index (κ3) is 9.27. The fraction of sp³-hybridized carbons (Fsp3) is 0.667. The zero-order valence-corrected chi connectivity index (χ0v) is 12.1. The fourth-order valence-electron chi connectivity index (χ4n) is 2.58. The summed E-state index contributed by atoms with van der Waals surface area (Å²) in [5.41, 5.74) is 0. The molecule has 2 saturated carbocycles. The van der Waals surface area contributed by atoms with Gasteiger partial charge in [-0.05, 0) is 5.92 Å². The molecule has 102 valence electrons. The van der Waals surface area contributed by atoms with Crippen molar-refractivity contribution in [3.05, 3.63) is 36.4 Å². The van der Waals surface area contributed by atoms with Crippen LogP contribution in [0, 0.1) is 5.92 Å². The second-order valence-corrected chi connectivity index (χ2v) is 5.67. The molecule has 1 aromatic rings. The summed E-state index contributed by atoms with van der Waals surface area (Å²) in [4.78, 5) is 0. The number of hydrogen-bond acceptors (Lipinski definition) is 0. The Hall–Kier alpha value is -0.780. The molecule has 0 saturated heterocycles. The number of hydrogen-bond donors (Lipinski definition) is 0. The van der Waals surface area contributed by atoms with Gasteiger partial charge in [0.2, 0.25) is 0 Å². The monoisotopic (exact) mass is 246 g/mol. The summed E-state index contributed by atoms with van der Waals surface area (Å²) >= 11 is 0. The first-order valence-corrected chi connectivity index (χ1v) is 7.89. The molecule has 2 aliphatic carbocycles. The lowest BCUT2D eigenvalue weighted by molar-refractivity contribution is 0.504. The van der Waals surface area contributed by atoms with Gasteiger partial charge in [0.25, 0.3) is 0 Å². The van der Waals surface area contributed by atoms with E-state index in [1.54, 1.807) is 0 Å². The van der Waals surface area contributed by atoms with E-state index < -0.39 is 0 Å². The van der Waals surface area contributed by atoms with Gasteiger partial charge in [-0.1, -0.05) is 108 Å². The molecule has 18 heavy (non-hydrogen) atoms. The van der Waals surface area contributed by atoms with E-state index in [0.717, 1.165) is 5.92 Å². The molecule has 2 fully saturated rings. The molecule has 0 unspecified atom stereocenters. The van der Waals surface area contributed by atoms with Crippen LogP contribution in [0.2, 0.25) is 0 Å². The van der Waals surface area contributed by atoms with Gasteiger partial charge in [-0.2, -0.15) is 0 Å². The second-order valence-electron chi connectivity index (χ2n) is 5.67. The molecule has 3 rings (SSSR count). The first-order valence-electron chi connectivity index (χ1n) is 7.89. The maximum Gasteiger partial charge on any atom is -0.0443 e. The molecule has 0 heterocycles. The molecule has 0 aromatic heterocycles. The molecule has 0 radical (unpaired) electrons. The van der Waals surface area contributed by atoms with E-state index in [4.69, 9.17) is 0 Å². The lowest BCUT2D eigenvalue weighted by Crippen LogP contribution is -1.85. The highest BCUT2D eigenvalue weighted by molar-refractivity contribution is 4.99.